The van der Waals surface area contributed by atoms with Gasteiger partial charge in [0.05, 0.1) is 24.7 Å². The van der Waals surface area contributed by atoms with Crippen molar-refractivity contribution in [1.82, 2.24) is 9.97 Å². The summed E-state index contributed by atoms with van der Waals surface area (Å²) in [4.78, 5) is 8.03. The van der Waals surface area contributed by atoms with Gasteiger partial charge in [-0.25, -0.2) is 13.4 Å². The van der Waals surface area contributed by atoms with Crippen molar-refractivity contribution in [3.63, 3.8) is 0 Å². The fourth-order valence-corrected chi connectivity index (χ4v) is 4.00. The SMILES string of the molecule is O=S1(=O)CCc2nc(Cl)nc(OC3CCOCC3)c21. The first kappa shape index (κ1) is 13.1. The molecule has 0 atom stereocenters. The highest BCUT2D eigenvalue weighted by molar-refractivity contribution is 7.91. The molecule has 0 spiro atoms. The normalized spacial score (nSPS) is 22.2. The molecule has 2 aliphatic heterocycles. The lowest BCUT2D eigenvalue weighted by Crippen LogP contribution is -2.27. The van der Waals surface area contributed by atoms with E-state index in [0.29, 0.717) is 25.3 Å². The second-order valence-electron chi connectivity index (χ2n) is 4.57. The molecule has 8 heteroatoms. The maximum atomic E-state index is 12.0. The summed E-state index contributed by atoms with van der Waals surface area (Å²) >= 11 is 5.82. The molecule has 0 saturated carbocycles. The Morgan fingerprint density at radius 1 is 1.26 bits per heavy atom. The highest BCUT2D eigenvalue weighted by atomic mass is 35.5. The quantitative estimate of drug-likeness (QED) is 0.759. The van der Waals surface area contributed by atoms with E-state index in [4.69, 9.17) is 21.1 Å². The molecular weight excluding hydrogens is 292 g/mol. The minimum absolute atomic E-state index is 0.0258. The average molecular weight is 305 g/mol. The monoisotopic (exact) mass is 304 g/mol. The number of halogens is 1. The Hall–Kier alpha value is -0.920. The van der Waals surface area contributed by atoms with Crippen LogP contribution in [0.2, 0.25) is 5.28 Å². The molecule has 104 valence electrons. The summed E-state index contributed by atoms with van der Waals surface area (Å²) in [5, 5.41) is 0.0258. The Morgan fingerprint density at radius 3 is 2.74 bits per heavy atom. The summed E-state index contributed by atoms with van der Waals surface area (Å²) in [5.74, 6) is 0.140. The molecule has 0 N–H and O–H groups in total. The highest BCUT2D eigenvalue weighted by Crippen LogP contribution is 2.34. The van der Waals surface area contributed by atoms with E-state index in [1.807, 2.05) is 0 Å². The smallest absolute Gasteiger partial charge is 0.237 e. The number of hydrogen-bond donors (Lipinski definition) is 0. The van der Waals surface area contributed by atoms with Crippen molar-refractivity contribution < 1.29 is 17.9 Å². The molecule has 1 aromatic heterocycles. The molecule has 0 aromatic carbocycles. The third-order valence-corrected chi connectivity index (χ3v) is 5.19. The lowest BCUT2D eigenvalue weighted by atomic mass is 10.1. The largest absolute Gasteiger partial charge is 0.473 e. The van der Waals surface area contributed by atoms with Crippen LogP contribution < -0.4 is 4.74 Å². The zero-order valence-electron chi connectivity index (χ0n) is 10.1. The number of ether oxygens (including phenoxy) is 2. The Bertz CT molecular complexity index is 599. The predicted octanol–water partition coefficient (Wildman–Crippen LogP) is 1.02. The first-order valence-electron chi connectivity index (χ1n) is 6.10. The average Bonchev–Trinajstić information content (AvgIpc) is 2.66. The molecule has 0 bridgehead atoms. The van der Waals surface area contributed by atoms with Gasteiger partial charge in [0, 0.05) is 19.3 Å². The zero-order chi connectivity index (χ0) is 13.5. The van der Waals surface area contributed by atoms with Gasteiger partial charge in [-0.3, -0.25) is 0 Å². The van der Waals surface area contributed by atoms with E-state index in [0.717, 1.165) is 12.8 Å². The predicted molar refractivity (Wildman–Crippen MR) is 67.3 cm³/mol. The number of hydrogen-bond acceptors (Lipinski definition) is 6. The van der Waals surface area contributed by atoms with Crippen LogP contribution in [0.1, 0.15) is 18.5 Å². The molecule has 2 aliphatic rings. The van der Waals surface area contributed by atoms with E-state index < -0.39 is 9.84 Å². The van der Waals surface area contributed by atoms with E-state index in [1.165, 1.54) is 0 Å². The Labute approximate surface area is 116 Å². The van der Waals surface area contributed by atoms with Crippen LogP contribution in [0.25, 0.3) is 0 Å². The van der Waals surface area contributed by atoms with Crippen molar-refractivity contribution in [1.29, 1.82) is 0 Å². The molecule has 0 radical (unpaired) electrons. The Balaban J connectivity index is 1.97. The van der Waals surface area contributed by atoms with Crippen LogP contribution in [0.4, 0.5) is 0 Å². The maximum absolute atomic E-state index is 12.0. The molecule has 0 aliphatic carbocycles. The van der Waals surface area contributed by atoms with Crippen LogP contribution in [0.15, 0.2) is 4.90 Å². The first-order chi connectivity index (χ1) is 9.06. The van der Waals surface area contributed by atoms with E-state index in [9.17, 15) is 8.42 Å². The van der Waals surface area contributed by atoms with Gasteiger partial charge >= 0.3 is 0 Å². The Kier molecular flexibility index (Phi) is 3.36. The van der Waals surface area contributed by atoms with Gasteiger partial charge in [-0.05, 0) is 11.6 Å². The lowest BCUT2D eigenvalue weighted by molar-refractivity contribution is 0.0223. The van der Waals surface area contributed by atoms with Gasteiger partial charge in [-0.15, -0.1) is 0 Å². The minimum atomic E-state index is -3.34. The highest BCUT2D eigenvalue weighted by Gasteiger charge is 2.34. The fourth-order valence-electron chi connectivity index (χ4n) is 2.29. The van der Waals surface area contributed by atoms with Crippen molar-refractivity contribution in [3.8, 4) is 5.88 Å². The van der Waals surface area contributed by atoms with E-state index >= 15 is 0 Å². The summed E-state index contributed by atoms with van der Waals surface area (Å²) < 4.78 is 35.0. The maximum Gasteiger partial charge on any atom is 0.237 e. The fraction of sp³-hybridized carbons (Fsp3) is 0.636. The van der Waals surface area contributed by atoms with Gasteiger partial charge in [0.15, 0.2) is 14.7 Å². The van der Waals surface area contributed by atoms with Gasteiger partial charge in [0.1, 0.15) is 6.10 Å². The Morgan fingerprint density at radius 2 is 2.00 bits per heavy atom. The molecular formula is C11H13ClN2O4S. The third-order valence-electron chi connectivity index (χ3n) is 3.24. The summed E-state index contributed by atoms with van der Waals surface area (Å²) in [6.45, 7) is 1.22. The van der Waals surface area contributed by atoms with Gasteiger partial charge < -0.3 is 9.47 Å². The summed E-state index contributed by atoms with van der Waals surface area (Å²) in [7, 11) is -3.34. The molecule has 1 saturated heterocycles. The van der Waals surface area contributed by atoms with Crippen LogP contribution in [0.5, 0.6) is 5.88 Å². The van der Waals surface area contributed by atoms with Crippen molar-refractivity contribution in [2.75, 3.05) is 19.0 Å². The van der Waals surface area contributed by atoms with E-state index in [2.05, 4.69) is 9.97 Å². The van der Waals surface area contributed by atoms with Crippen LogP contribution in [0, 0.1) is 0 Å². The zero-order valence-corrected chi connectivity index (χ0v) is 11.7. The van der Waals surface area contributed by atoms with Crippen molar-refractivity contribution >= 4 is 21.4 Å². The van der Waals surface area contributed by atoms with Crippen LogP contribution in [0.3, 0.4) is 0 Å². The van der Waals surface area contributed by atoms with Gasteiger partial charge in [0.25, 0.3) is 0 Å². The van der Waals surface area contributed by atoms with Gasteiger partial charge in [-0.1, -0.05) is 0 Å². The first-order valence-corrected chi connectivity index (χ1v) is 8.13. The minimum Gasteiger partial charge on any atom is -0.473 e. The summed E-state index contributed by atoms with van der Waals surface area (Å²) in [6.07, 6.45) is 1.72. The van der Waals surface area contributed by atoms with Crippen molar-refractivity contribution in [2.45, 2.75) is 30.3 Å². The van der Waals surface area contributed by atoms with E-state index in [-0.39, 0.29) is 27.9 Å². The number of aryl methyl sites for hydroxylation is 1. The topological polar surface area (TPSA) is 78.4 Å². The number of fused-ring (bicyclic) bond motifs is 1. The molecule has 0 amide bonds. The molecule has 1 aromatic rings. The van der Waals surface area contributed by atoms with Crippen molar-refractivity contribution in [3.05, 3.63) is 11.0 Å². The van der Waals surface area contributed by atoms with Crippen LogP contribution >= 0.6 is 11.6 Å². The lowest BCUT2D eigenvalue weighted by Gasteiger charge is -2.23. The van der Waals surface area contributed by atoms with Crippen molar-refractivity contribution in [2.24, 2.45) is 0 Å². The second-order valence-corrected chi connectivity index (χ2v) is 6.96. The number of sulfone groups is 1. The van der Waals surface area contributed by atoms with Gasteiger partial charge in [0.2, 0.25) is 11.2 Å². The summed E-state index contributed by atoms with van der Waals surface area (Å²) in [5.41, 5.74) is 0.460. The third kappa shape index (κ3) is 2.54. The number of aromatic nitrogens is 2. The molecule has 3 heterocycles. The molecule has 19 heavy (non-hydrogen) atoms. The molecule has 1 fully saturated rings. The standard InChI is InChI=1S/C11H13ClN2O4S/c12-11-13-8-3-6-19(15,16)9(8)10(14-11)18-7-1-4-17-5-2-7/h7H,1-6H2. The second kappa shape index (κ2) is 4.88. The van der Waals surface area contributed by atoms with E-state index in [1.54, 1.807) is 0 Å². The summed E-state index contributed by atoms with van der Waals surface area (Å²) in [6, 6.07) is 0. The van der Waals surface area contributed by atoms with Gasteiger partial charge in [-0.2, -0.15) is 4.98 Å². The number of rotatable bonds is 2. The molecule has 0 unspecified atom stereocenters. The molecule has 3 rings (SSSR count). The molecule has 6 nitrogen and oxygen atoms in total. The van der Waals surface area contributed by atoms with Crippen LogP contribution in [-0.2, 0) is 21.0 Å². The number of nitrogens with zero attached hydrogens (tertiary/aromatic N) is 2. The van der Waals surface area contributed by atoms with Crippen LogP contribution in [-0.4, -0.2) is 43.5 Å².